The predicted octanol–water partition coefficient (Wildman–Crippen LogP) is 4.93. The Hall–Kier alpha value is -2.46. The Labute approximate surface area is 125 Å². The van der Waals surface area contributed by atoms with E-state index in [0.717, 1.165) is 26.5 Å². The molecule has 0 aliphatic rings. The topological polar surface area (TPSA) is 38.9 Å². The molecule has 0 saturated carbocycles. The number of para-hydroxylation sites is 1. The first-order valence-corrected chi connectivity index (χ1v) is 7.50. The minimum atomic E-state index is 0.576. The summed E-state index contributed by atoms with van der Waals surface area (Å²) in [7, 11) is 0. The SMILES string of the molecule is Cc1ccc(-c2cnc(-c3nc4ccccc4s3)o2)cc1. The number of fused-ring (bicyclic) bond motifs is 1. The molecule has 2 heterocycles. The molecule has 0 fully saturated rings. The maximum Gasteiger partial charge on any atom is 0.256 e. The summed E-state index contributed by atoms with van der Waals surface area (Å²) < 4.78 is 7.00. The molecule has 21 heavy (non-hydrogen) atoms. The number of hydrogen-bond donors (Lipinski definition) is 0. The van der Waals surface area contributed by atoms with E-state index in [1.54, 1.807) is 17.5 Å². The van der Waals surface area contributed by atoms with Crippen LogP contribution < -0.4 is 0 Å². The molecule has 0 atom stereocenters. The first-order valence-electron chi connectivity index (χ1n) is 6.68. The number of aromatic nitrogens is 2. The molecule has 3 nitrogen and oxygen atoms in total. The summed E-state index contributed by atoms with van der Waals surface area (Å²) in [5, 5.41) is 0.814. The lowest BCUT2D eigenvalue weighted by Gasteiger charge is -1.96. The van der Waals surface area contributed by atoms with Crippen molar-refractivity contribution in [2.45, 2.75) is 6.92 Å². The lowest BCUT2D eigenvalue weighted by molar-refractivity contribution is 0.588. The molecule has 0 unspecified atom stereocenters. The van der Waals surface area contributed by atoms with E-state index < -0.39 is 0 Å². The number of rotatable bonds is 2. The molecule has 4 rings (SSSR count). The monoisotopic (exact) mass is 292 g/mol. The lowest BCUT2D eigenvalue weighted by atomic mass is 10.1. The van der Waals surface area contributed by atoms with Crippen LogP contribution >= 0.6 is 11.3 Å². The average molecular weight is 292 g/mol. The number of thiazole rings is 1. The van der Waals surface area contributed by atoms with Gasteiger partial charge in [-0.15, -0.1) is 11.3 Å². The zero-order chi connectivity index (χ0) is 14.2. The third-order valence-electron chi connectivity index (χ3n) is 3.32. The number of hydrogen-bond acceptors (Lipinski definition) is 4. The molecule has 0 spiro atoms. The molecule has 0 amide bonds. The first kappa shape index (κ1) is 12.3. The van der Waals surface area contributed by atoms with E-state index in [4.69, 9.17) is 4.42 Å². The highest BCUT2D eigenvalue weighted by Crippen LogP contribution is 2.31. The third-order valence-corrected chi connectivity index (χ3v) is 4.34. The van der Waals surface area contributed by atoms with Crippen LogP contribution in [0.5, 0.6) is 0 Å². The number of oxazole rings is 1. The lowest BCUT2D eigenvalue weighted by Crippen LogP contribution is -1.75. The van der Waals surface area contributed by atoms with E-state index in [9.17, 15) is 0 Å². The van der Waals surface area contributed by atoms with Crippen LogP contribution in [-0.4, -0.2) is 9.97 Å². The van der Waals surface area contributed by atoms with Crippen molar-refractivity contribution in [3.63, 3.8) is 0 Å². The Bertz CT molecular complexity index is 873. The second kappa shape index (κ2) is 4.82. The van der Waals surface area contributed by atoms with Gasteiger partial charge < -0.3 is 4.42 Å². The highest BCUT2D eigenvalue weighted by Gasteiger charge is 2.12. The molecule has 0 aliphatic heterocycles. The molecular formula is C17H12N2OS. The largest absolute Gasteiger partial charge is 0.434 e. The fraction of sp³-hybridized carbons (Fsp3) is 0.0588. The molecule has 4 aromatic rings. The molecule has 0 radical (unpaired) electrons. The predicted molar refractivity (Wildman–Crippen MR) is 85.3 cm³/mol. The van der Waals surface area contributed by atoms with Crippen molar-refractivity contribution < 1.29 is 4.42 Å². The van der Waals surface area contributed by atoms with Crippen LogP contribution in [0.25, 0.3) is 32.4 Å². The molecule has 4 heteroatoms. The van der Waals surface area contributed by atoms with Gasteiger partial charge in [-0.05, 0) is 19.1 Å². The van der Waals surface area contributed by atoms with Crippen LogP contribution in [0.3, 0.4) is 0 Å². The van der Waals surface area contributed by atoms with Gasteiger partial charge in [-0.1, -0.05) is 42.0 Å². The average Bonchev–Trinajstić information content (AvgIpc) is 3.14. The fourth-order valence-corrected chi connectivity index (χ4v) is 3.09. The smallest absolute Gasteiger partial charge is 0.256 e. The van der Waals surface area contributed by atoms with Gasteiger partial charge in [0.15, 0.2) is 10.8 Å². The fourth-order valence-electron chi connectivity index (χ4n) is 2.19. The van der Waals surface area contributed by atoms with Gasteiger partial charge >= 0.3 is 0 Å². The summed E-state index contributed by atoms with van der Waals surface area (Å²) in [6.45, 7) is 2.07. The van der Waals surface area contributed by atoms with Crippen molar-refractivity contribution in [2.75, 3.05) is 0 Å². The zero-order valence-corrected chi connectivity index (χ0v) is 12.2. The minimum absolute atomic E-state index is 0.576. The summed E-state index contributed by atoms with van der Waals surface area (Å²) >= 11 is 1.59. The van der Waals surface area contributed by atoms with E-state index in [1.807, 2.05) is 30.3 Å². The molecule has 0 aliphatic carbocycles. The van der Waals surface area contributed by atoms with Gasteiger partial charge in [-0.2, -0.15) is 0 Å². The summed E-state index contributed by atoms with van der Waals surface area (Å²) in [5.41, 5.74) is 3.23. The summed E-state index contributed by atoms with van der Waals surface area (Å²) in [5.74, 6) is 1.34. The van der Waals surface area contributed by atoms with Crippen LogP contribution in [0, 0.1) is 6.92 Å². The second-order valence-corrected chi connectivity index (χ2v) is 5.91. The Morgan fingerprint density at radius 1 is 1.00 bits per heavy atom. The van der Waals surface area contributed by atoms with Crippen LogP contribution in [-0.2, 0) is 0 Å². The van der Waals surface area contributed by atoms with Gasteiger partial charge in [0.25, 0.3) is 5.89 Å². The quantitative estimate of drug-likeness (QED) is 0.526. The van der Waals surface area contributed by atoms with Gasteiger partial charge in [0, 0.05) is 5.56 Å². The van der Waals surface area contributed by atoms with Crippen LogP contribution in [0.15, 0.2) is 59.1 Å². The molecule has 102 valence electrons. The third kappa shape index (κ3) is 2.23. The van der Waals surface area contributed by atoms with Crippen LogP contribution in [0.4, 0.5) is 0 Å². The Balaban J connectivity index is 1.75. The number of benzene rings is 2. The van der Waals surface area contributed by atoms with Crippen molar-refractivity contribution in [3.8, 4) is 22.2 Å². The first-order chi connectivity index (χ1) is 10.3. The molecule has 2 aromatic heterocycles. The standard InChI is InChI=1S/C17H12N2OS/c1-11-6-8-12(9-7-11)14-10-18-16(20-14)17-19-13-4-2-3-5-15(13)21-17/h2-10H,1H3. The van der Waals surface area contributed by atoms with Gasteiger partial charge in [0.2, 0.25) is 0 Å². The highest BCUT2D eigenvalue weighted by atomic mass is 32.1. The van der Waals surface area contributed by atoms with E-state index in [1.165, 1.54) is 5.56 Å². The Kier molecular flexibility index (Phi) is 2.82. The van der Waals surface area contributed by atoms with Gasteiger partial charge in [0.1, 0.15) is 0 Å². The Morgan fingerprint density at radius 3 is 2.62 bits per heavy atom. The van der Waals surface area contributed by atoms with E-state index in [2.05, 4.69) is 35.1 Å². The molecule has 0 bridgehead atoms. The molecular weight excluding hydrogens is 280 g/mol. The van der Waals surface area contributed by atoms with Gasteiger partial charge in [-0.3, -0.25) is 0 Å². The minimum Gasteiger partial charge on any atom is -0.434 e. The molecule has 2 aromatic carbocycles. The van der Waals surface area contributed by atoms with Crippen molar-refractivity contribution >= 4 is 21.6 Å². The molecule has 0 N–H and O–H groups in total. The number of nitrogens with zero attached hydrogens (tertiary/aromatic N) is 2. The van der Waals surface area contributed by atoms with Crippen molar-refractivity contribution in [1.82, 2.24) is 9.97 Å². The van der Waals surface area contributed by atoms with Crippen molar-refractivity contribution in [2.24, 2.45) is 0 Å². The number of aryl methyl sites for hydroxylation is 1. The maximum absolute atomic E-state index is 5.86. The van der Waals surface area contributed by atoms with Crippen molar-refractivity contribution in [1.29, 1.82) is 0 Å². The van der Waals surface area contributed by atoms with E-state index in [0.29, 0.717) is 5.89 Å². The van der Waals surface area contributed by atoms with Crippen LogP contribution in [0.1, 0.15) is 5.56 Å². The summed E-state index contributed by atoms with van der Waals surface area (Å²) in [6.07, 6.45) is 1.76. The maximum atomic E-state index is 5.86. The summed E-state index contributed by atoms with van der Waals surface area (Å²) in [6, 6.07) is 16.3. The van der Waals surface area contributed by atoms with Gasteiger partial charge in [-0.25, -0.2) is 9.97 Å². The Morgan fingerprint density at radius 2 is 1.81 bits per heavy atom. The van der Waals surface area contributed by atoms with E-state index in [-0.39, 0.29) is 0 Å². The van der Waals surface area contributed by atoms with Crippen LogP contribution in [0.2, 0.25) is 0 Å². The normalized spacial score (nSPS) is 11.1. The van der Waals surface area contributed by atoms with Crippen molar-refractivity contribution in [3.05, 3.63) is 60.3 Å². The summed E-state index contributed by atoms with van der Waals surface area (Å²) in [4.78, 5) is 8.93. The highest BCUT2D eigenvalue weighted by molar-refractivity contribution is 7.21. The van der Waals surface area contributed by atoms with E-state index >= 15 is 0 Å². The zero-order valence-electron chi connectivity index (χ0n) is 11.4. The molecule has 0 saturated heterocycles. The second-order valence-electron chi connectivity index (χ2n) is 4.88. The van der Waals surface area contributed by atoms with Gasteiger partial charge in [0.05, 0.1) is 16.4 Å².